The Labute approximate surface area is 208 Å². The number of hydrogen-bond donors (Lipinski definition) is 3. The number of rotatable bonds is 4. The highest BCUT2D eigenvalue weighted by atomic mass is 35.5. The Balaban J connectivity index is 0.00000274. The molecule has 9 heteroatoms. The molecule has 5 rings (SSSR count). The summed E-state index contributed by atoms with van der Waals surface area (Å²) in [7, 11) is 1.91. The second-order valence-corrected chi connectivity index (χ2v) is 9.34. The smallest absolute Gasteiger partial charge is 0.197 e. The summed E-state index contributed by atoms with van der Waals surface area (Å²) < 4.78 is 6.24. The molecule has 0 spiro atoms. The zero-order valence-electron chi connectivity index (χ0n) is 18.8. The number of phenolic OH excluding ortho intramolecular Hbond substituents is 2. The van der Waals surface area contributed by atoms with Crippen molar-refractivity contribution < 1.29 is 19.7 Å². The Morgan fingerprint density at radius 2 is 1.85 bits per heavy atom. The molecule has 3 N–H and O–H groups in total. The van der Waals surface area contributed by atoms with E-state index in [4.69, 9.17) is 16.0 Å². The molecule has 7 nitrogen and oxygen atoms in total. The number of aliphatic hydroxyl groups excluding tert-OH is 1. The average molecular weight is 507 g/mol. The van der Waals surface area contributed by atoms with Crippen molar-refractivity contribution in [1.82, 2.24) is 4.90 Å². The topological polar surface area (TPSA) is 97.4 Å². The lowest BCUT2D eigenvalue weighted by Gasteiger charge is -2.24. The van der Waals surface area contributed by atoms with Crippen LogP contribution in [0.15, 0.2) is 39.5 Å². The van der Waals surface area contributed by atoms with E-state index >= 15 is 0 Å². The van der Waals surface area contributed by atoms with Crippen molar-refractivity contribution in [2.45, 2.75) is 31.2 Å². The normalized spacial score (nSPS) is 20.7. The third kappa shape index (κ3) is 4.01. The zero-order valence-corrected chi connectivity index (χ0v) is 20.4. The van der Waals surface area contributed by atoms with Gasteiger partial charge in [-0.3, -0.25) is 4.79 Å². The second-order valence-electron chi connectivity index (χ2n) is 8.97. The molecule has 2 fully saturated rings. The van der Waals surface area contributed by atoms with Crippen LogP contribution in [0.2, 0.25) is 5.02 Å². The lowest BCUT2D eigenvalue weighted by Crippen LogP contribution is -2.32. The fourth-order valence-electron chi connectivity index (χ4n) is 5.34. The van der Waals surface area contributed by atoms with Crippen LogP contribution >= 0.6 is 24.0 Å². The van der Waals surface area contributed by atoms with E-state index < -0.39 is 5.43 Å². The van der Waals surface area contributed by atoms with E-state index in [9.17, 15) is 20.1 Å². The minimum Gasteiger partial charge on any atom is -0.507 e. The number of nitrogens with zero attached hydrogens (tertiary/aromatic N) is 2. The van der Waals surface area contributed by atoms with Crippen LogP contribution in [0.4, 0.5) is 5.69 Å². The third-order valence-corrected chi connectivity index (χ3v) is 7.47. The number of halogens is 2. The van der Waals surface area contributed by atoms with Crippen LogP contribution in [0, 0.1) is 0 Å². The van der Waals surface area contributed by atoms with E-state index in [-0.39, 0.29) is 59.2 Å². The van der Waals surface area contributed by atoms with Gasteiger partial charge in [0.15, 0.2) is 5.43 Å². The van der Waals surface area contributed by atoms with Crippen LogP contribution < -0.4 is 10.3 Å². The lowest BCUT2D eigenvalue weighted by atomic mass is 9.89. The SMILES string of the molecule is CN1CCC(c2c(O)cc(O)c3c(=O)cc(-c4cccc(N5CCCC5)c4Cl)oc23)C1CO.Cl. The Bertz CT molecular complexity index is 1270. The van der Waals surface area contributed by atoms with Crippen molar-refractivity contribution >= 4 is 40.7 Å². The monoisotopic (exact) mass is 506 g/mol. The number of fused-ring (bicyclic) bond motifs is 1. The predicted octanol–water partition coefficient (Wildman–Crippen LogP) is 4.33. The molecule has 182 valence electrons. The van der Waals surface area contributed by atoms with Crippen molar-refractivity contribution in [1.29, 1.82) is 0 Å². The third-order valence-electron chi connectivity index (χ3n) is 7.07. The second kappa shape index (κ2) is 9.66. The van der Waals surface area contributed by atoms with E-state index in [0.29, 0.717) is 22.6 Å². The van der Waals surface area contributed by atoms with Crippen molar-refractivity contribution in [3.05, 3.63) is 51.1 Å². The molecule has 2 aliphatic heterocycles. The fourth-order valence-corrected chi connectivity index (χ4v) is 5.68. The van der Waals surface area contributed by atoms with Gasteiger partial charge in [0.1, 0.15) is 28.2 Å². The summed E-state index contributed by atoms with van der Waals surface area (Å²) in [6, 6.07) is 7.92. The van der Waals surface area contributed by atoms with Gasteiger partial charge in [-0.05, 0) is 45.0 Å². The molecule has 2 aliphatic rings. The van der Waals surface area contributed by atoms with E-state index in [1.807, 2.05) is 24.1 Å². The molecule has 0 radical (unpaired) electrons. The summed E-state index contributed by atoms with van der Waals surface area (Å²) in [5.74, 6) is -0.476. The van der Waals surface area contributed by atoms with Gasteiger partial charge in [-0.15, -0.1) is 12.4 Å². The molecule has 0 aliphatic carbocycles. The molecule has 0 bridgehead atoms. The van der Waals surface area contributed by atoms with Crippen LogP contribution in [0.3, 0.4) is 0 Å². The van der Waals surface area contributed by atoms with Gasteiger partial charge in [-0.25, -0.2) is 0 Å². The Hall–Kier alpha value is -2.45. The van der Waals surface area contributed by atoms with Gasteiger partial charge in [-0.2, -0.15) is 0 Å². The first-order valence-corrected chi connectivity index (χ1v) is 11.7. The standard InChI is InChI=1S/C25H27ClN2O5.ClH/c1-27-10-7-14(17(27)13-29)22-18(30)11-19(31)23-20(32)12-21(33-25(22)23)15-5-4-6-16(24(15)26)28-8-2-3-9-28;/h4-6,11-12,14,17,29-31H,2-3,7-10,13H2,1H3;1H. The number of aliphatic hydroxyl groups is 1. The van der Waals surface area contributed by atoms with E-state index in [0.717, 1.165) is 38.2 Å². The molecule has 34 heavy (non-hydrogen) atoms. The maximum atomic E-state index is 13.1. The van der Waals surface area contributed by atoms with Gasteiger partial charge in [0, 0.05) is 48.3 Å². The number of likely N-dealkylation sites (N-methyl/N-ethyl adjacent to an activating group) is 1. The maximum Gasteiger partial charge on any atom is 0.197 e. The summed E-state index contributed by atoms with van der Waals surface area (Å²) in [6.07, 6.45) is 2.89. The molecule has 3 aromatic rings. The number of anilines is 1. The van der Waals surface area contributed by atoms with Gasteiger partial charge >= 0.3 is 0 Å². The highest BCUT2D eigenvalue weighted by Crippen LogP contribution is 2.45. The van der Waals surface area contributed by atoms with Crippen LogP contribution in [-0.4, -0.2) is 59.6 Å². The molecule has 0 saturated carbocycles. The molecule has 3 heterocycles. The number of phenols is 2. The number of likely N-dealkylation sites (tertiary alicyclic amines) is 1. The summed E-state index contributed by atoms with van der Waals surface area (Å²) in [6.45, 7) is 2.48. The van der Waals surface area contributed by atoms with Gasteiger partial charge in [0.2, 0.25) is 0 Å². The van der Waals surface area contributed by atoms with Gasteiger partial charge in [-0.1, -0.05) is 17.7 Å². The minimum absolute atomic E-state index is 0. The van der Waals surface area contributed by atoms with Crippen molar-refractivity contribution in [3.8, 4) is 22.8 Å². The fraction of sp³-hybridized carbons (Fsp3) is 0.400. The quantitative estimate of drug-likeness (QED) is 0.484. The largest absolute Gasteiger partial charge is 0.507 e. The minimum atomic E-state index is -0.417. The first-order chi connectivity index (χ1) is 15.9. The molecular weight excluding hydrogens is 479 g/mol. The van der Waals surface area contributed by atoms with Gasteiger partial charge in [0.05, 0.1) is 17.3 Å². The summed E-state index contributed by atoms with van der Waals surface area (Å²) in [4.78, 5) is 17.4. The number of benzene rings is 2. The van der Waals surface area contributed by atoms with Crippen molar-refractivity contribution in [2.24, 2.45) is 0 Å². The summed E-state index contributed by atoms with van der Waals surface area (Å²) in [5, 5.41) is 31.7. The first-order valence-electron chi connectivity index (χ1n) is 11.3. The lowest BCUT2D eigenvalue weighted by molar-refractivity contribution is 0.172. The predicted molar refractivity (Wildman–Crippen MR) is 136 cm³/mol. The van der Waals surface area contributed by atoms with Crippen LogP contribution in [0.25, 0.3) is 22.3 Å². The molecule has 1 aromatic heterocycles. The molecule has 2 saturated heterocycles. The number of hydrogen-bond acceptors (Lipinski definition) is 7. The average Bonchev–Trinajstić information content (AvgIpc) is 3.43. The maximum absolute atomic E-state index is 13.1. The van der Waals surface area contributed by atoms with E-state index in [2.05, 4.69) is 4.90 Å². The molecule has 2 atom stereocenters. The molecule has 2 unspecified atom stereocenters. The van der Waals surface area contributed by atoms with E-state index in [1.54, 1.807) is 6.07 Å². The first kappa shape index (κ1) is 24.7. The molecule has 2 aromatic carbocycles. The Morgan fingerprint density at radius 1 is 1.12 bits per heavy atom. The van der Waals surface area contributed by atoms with Gasteiger partial charge < -0.3 is 29.5 Å². The number of aromatic hydroxyl groups is 2. The highest BCUT2D eigenvalue weighted by Gasteiger charge is 2.36. The van der Waals surface area contributed by atoms with Crippen molar-refractivity contribution in [3.63, 3.8) is 0 Å². The van der Waals surface area contributed by atoms with Crippen LogP contribution in [0.5, 0.6) is 11.5 Å². The molecule has 0 amide bonds. The Morgan fingerprint density at radius 3 is 2.56 bits per heavy atom. The van der Waals surface area contributed by atoms with Gasteiger partial charge in [0.25, 0.3) is 0 Å². The Kier molecular flexibility index (Phi) is 7.01. The van der Waals surface area contributed by atoms with Crippen molar-refractivity contribution in [2.75, 3.05) is 38.2 Å². The van der Waals surface area contributed by atoms with E-state index in [1.165, 1.54) is 12.1 Å². The molecular formula is C25H28Cl2N2O5. The summed E-state index contributed by atoms with van der Waals surface area (Å²) in [5.41, 5.74) is 1.62. The highest BCUT2D eigenvalue weighted by molar-refractivity contribution is 6.36. The zero-order chi connectivity index (χ0) is 23.3. The van der Waals surface area contributed by atoms with Crippen LogP contribution in [-0.2, 0) is 0 Å². The summed E-state index contributed by atoms with van der Waals surface area (Å²) >= 11 is 6.78. The van der Waals surface area contributed by atoms with Crippen LogP contribution in [0.1, 0.15) is 30.7 Å².